The molecule has 0 spiro atoms. The number of benzene rings is 2. The highest BCUT2D eigenvalue weighted by molar-refractivity contribution is 7.87. The van der Waals surface area contributed by atoms with E-state index in [1.165, 1.54) is 4.31 Å². The summed E-state index contributed by atoms with van der Waals surface area (Å²) in [6.07, 6.45) is 0.941. The molecule has 0 radical (unpaired) electrons. The minimum atomic E-state index is -4.15. The third-order valence-corrected chi connectivity index (χ3v) is 8.07. The minimum Gasteiger partial charge on any atom is -0.497 e. The van der Waals surface area contributed by atoms with Gasteiger partial charge in [-0.25, -0.2) is 4.31 Å². The van der Waals surface area contributed by atoms with E-state index in [1.807, 2.05) is 75.4 Å². The summed E-state index contributed by atoms with van der Waals surface area (Å²) in [7, 11) is -2.54. The van der Waals surface area contributed by atoms with Crippen molar-refractivity contribution < 1.29 is 23.1 Å². The SMILES string of the molecule is CCCC(=O)N([C@@H](Cc1ccccc1)[C@H](O)CNCc1cccc(OC)c1)S(=O)(=O)N(CCC)CCC. The van der Waals surface area contributed by atoms with Crippen LogP contribution in [0, 0.1) is 0 Å². The van der Waals surface area contributed by atoms with Gasteiger partial charge in [-0.2, -0.15) is 12.7 Å². The van der Waals surface area contributed by atoms with Gasteiger partial charge in [0.1, 0.15) is 5.75 Å². The summed E-state index contributed by atoms with van der Waals surface area (Å²) in [4.78, 5) is 13.4. The van der Waals surface area contributed by atoms with Crippen molar-refractivity contribution in [1.29, 1.82) is 0 Å². The first-order chi connectivity index (χ1) is 17.8. The van der Waals surface area contributed by atoms with E-state index in [0.717, 1.165) is 21.2 Å². The summed E-state index contributed by atoms with van der Waals surface area (Å²) in [5.41, 5.74) is 1.82. The third kappa shape index (κ3) is 9.10. The molecule has 0 aromatic heterocycles. The fourth-order valence-corrected chi connectivity index (χ4v) is 6.27. The molecule has 0 aliphatic rings. The van der Waals surface area contributed by atoms with Crippen LogP contribution >= 0.6 is 0 Å². The number of nitrogens with zero attached hydrogens (tertiary/aromatic N) is 2. The van der Waals surface area contributed by atoms with Crippen molar-refractivity contribution in [2.45, 2.75) is 71.6 Å². The van der Waals surface area contributed by atoms with Crippen LogP contribution in [-0.4, -0.2) is 66.9 Å². The first kappa shape index (κ1) is 30.8. The second-order valence-electron chi connectivity index (χ2n) is 9.15. The highest BCUT2D eigenvalue weighted by Crippen LogP contribution is 2.22. The predicted octanol–water partition coefficient (Wildman–Crippen LogP) is 3.75. The molecule has 2 atom stereocenters. The van der Waals surface area contributed by atoms with Crippen LogP contribution in [0.5, 0.6) is 5.75 Å². The van der Waals surface area contributed by atoms with Gasteiger partial charge in [0.15, 0.2) is 0 Å². The summed E-state index contributed by atoms with van der Waals surface area (Å²) in [6, 6.07) is 16.0. The second-order valence-corrected chi connectivity index (χ2v) is 11.0. The van der Waals surface area contributed by atoms with E-state index in [-0.39, 0.29) is 19.4 Å². The zero-order valence-electron chi connectivity index (χ0n) is 22.6. The van der Waals surface area contributed by atoms with Crippen LogP contribution in [0.1, 0.15) is 57.6 Å². The quantitative estimate of drug-likeness (QED) is 0.321. The van der Waals surface area contributed by atoms with Crippen LogP contribution in [0.15, 0.2) is 54.6 Å². The summed E-state index contributed by atoms with van der Waals surface area (Å²) >= 11 is 0. The molecule has 0 saturated carbocycles. The Kier molecular flexibility index (Phi) is 13.1. The van der Waals surface area contributed by atoms with E-state index in [2.05, 4.69) is 5.32 Å². The van der Waals surface area contributed by atoms with E-state index in [0.29, 0.717) is 38.9 Å². The molecule has 37 heavy (non-hydrogen) atoms. The molecule has 0 bridgehead atoms. The molecule has 0 aliphatic carbocycles. The van der Waals surface area contributed by atoms with Gasteiger partial charge in [0, 0.05) is 32.6 Å². The van der Waals surface area contributed by atoms with Crippen molar-refractivity contribution in [1.82, 2.24) is 13.9 Å². The van der Waals surface area contributed by atoms with Gasteiger partial charge in [-0.3, -0.25) is 4.79 Å². The van der Waals surface area contributed by atoms with Crippen LogP contribution in [0.3, 0.4) is 0 Å². The summed E-state index contributed by atoms with van der Waals surface area (Å²) in [5.74, 6) is 0.239. The maximum Gasteiger partial charge on any atom is 0.306 e. The fourth-order valence-electron chi connectivity index (χ4n) is 4.29. The van der Waals surface area contributed by atoms with E-state index < -0.39 is 28.3 Å². The summed E-state index contributed by atoms with van der Waals surface area (Å²) < 4.78 is 35.4. The first-order valence-electron chi connectivity index (χ1n) is 13.2. The Hall–Kier alpha value is -2.46. The Labute approximate surface area is 222 Å². The molecule has 0 heterocycles. The van der Waals surface area contributed by atoms with E-state index in [4.69, 9.17) is 4.74 Å². The molecular weight excluding hydrogens is 490 g/mol. The zero-order chi connectivity index (χ0) is 27.3. The predicted molar refractivity (Wildman–Crippen MR) is 147 cm³/mol. The zero-order valence-corrected chi connectivity index (χ0v) is 23.4. The molecule has 2 aromatic carbocycles. The van der Waals surface area contributed by atoms with Crippen LogP contribution in [-0.2, 0) is 28.0 Å². The highest BCUT2D eigenvalue weighted by Gasteiger charge is 2.40. The monoisotopic (exact) mass is 533 g/mol. The van der Waals surface area contributed by atoms with Crippen molar-refractivity contribution in [2.24, 2.45) is 0 Å². The maximum absolute atomic E-state index is 13.9. The first-order valence-corrected chi connectivity index (χ1v) is 14.6. The number of aliphatic hydroxyl groups excluding tert-OH is 1. The molecule has 0 unspecified atom stereocenters. The number of hydrogen-bond donors (Lipinski definition) is 2. The molecule has 0 fully saturated rings. The van der Waals surface area contributed by atoms with Crippen molar-refractivity contribution in [3.63, 3.8) is 0 Å². The Bertz CT molecular complexity index is 1040. The number of nitrogens with one attached hydrogen (secondary N) is 1. The molecule has 0 aliphatic heterocycles. The van der Waals surface area contributed by atoms with Gasteiger partial charge in [-0.1, -0.05) is 63.2 Å². The molecule has 2 N–H and O–H groups in total. The Morgan fingerprint density at radius 1 is 0.973 bits per heavy atom. The number of aliphatic hydroxyl groups is 1. The van der Waals surface area contributed by atoms with Gasteiger partial charge in [-0.05, 0) is 48.9 Å². The Morgan fingerprint density at radius 3 is 2.22 bits per heavy atom. The number of carbonyl (C=O) groups excluding carboxylic acids is 1. The van der Waals surface area contributed by atoms with Crippen LogP contribution in [0.4, 0.5) is 0 Å². The number of ether oxygens (including phenoxy) is 1. The highest BCUT2D eigenvalue weighted by atomic mass is 32.2. The Balaban J connectivity index is 2.39. The number of carbonyl (C=O) groups is 1. The van der Waals surface area contributed by atoms with Crippen molar-refractivity contribution >= 4 is 16.1 Å². The molecule has 0 saturated heterocycles. The van der Waals surface area contributed by atoms with Gasteiger partial charge in [-0.15, -0.1) is 0 Å². The second kappa shape index (κ2) is 15.7. The van der Waals surface area contributed by atoms with Crippen LogP contribution < -0.4 is 10.1 Å². The van der Waals surface area contributed by atoms with Gasteiger partial charge in [0.05, 0.1) is 19.3 Å². The molecule has 8 nitrogen and oxygen atoms in total. The van der Waals surface area contributed by atoms with Gasteiger partial charge in [0.25, 0.3) is 0 Å². The Morgan fingerprint density at radius 2 is 1.62 bits per heavy atom. The summed E-state index contributed by atoms with van der Waals surface area (Å²) in [5, 5.41) is 14.6. The van der Waals surface area contributed by atoms with Crippen molar-refractivity contribution in [2.75, 3.05) is 26.7 Å². The molecule has 206 valence electrons. The molecule has 2 rings (SSSR count). The number of hydrogen-bond acceptors (Lipinski definition) is 6. The minimum absolute atomic E-state index is 0.0839. The average Bonchev–Trinajstić information content (AvgIpc) is 2.89. The fraction of sp³-hybridized carbons (Fsp3) is 0.536. The normalized spacial score (nSPS) is 13.4. The average molecular weight is 534 g/mol. The lowest BCUT2D eigenvalue weighted by atomic mass is 10.0. The van der Waals surface area contributed by atoms with E-state index >= 15 is 0 Å². The number of methoxy groups -OCH3 is 1. The lowest BCUT2D eigenvalue weighted by Gasteiger charge is -2.37. The van der Waals surface area contributed by atoms with Gasteiger partial charge in [0.2, 0.25) is 5.91 Å². The standard InChI is InChI=1S/C28H43N3O5S/c1-5-12-28(33)31(37(34,35)30(17-6-2)18-7-3)26(20-23-13-9-8-10-14-23)27(32)22-29-21-24-15-11-16-25(19-24)36-4/h8-11,13-16,19,26-27,29,32H,5-7,12,17-18,20-22H2,1-4H3/t26-,27+/m0/s1. The van der Waals surface area contributed by atoms with E-state index in [9.17, 15) is 18.3 Å². The summed E-state index contributed by atoms with van der Waals surface area (Å²) in [6.45, 7) is 6.87. The number of amides is 1. The lowest BCUT2D eigenvalue weighted by molar-refractivity contribution is -0.130. The number of rotatable bonds is 17. The topological polar surface area (TPSA) is 99.2 Å². The van der Waals surface area contributed by atoms with Crippen LogP contribution in [0.2, 0.25) is 0 Å². The lowest BCUT2D eigenvalue weighted by Crippen LogP contribution is -2.57. The molecular formula is C28H43N3O5S. The molecule has 9 heteroatoms. The van der Waals surface area contributed by atoms with E-state index in [1.54, 1.807) is 7.11 Å². The van der Waals surface area contributed by atoms with Gasteiger partial charge >= 0.3 is 10.2 Å². The van der Waals surface area contributed by atoms with Gasteiger partial charge < -0.3 is 15.2 Å². The third-order valence-electron chi connectivity index (χ3n) is 6.08. The smallest absolute Gasteiger partial charge is 0.306 e. The van der Waals surface area contributed by atoms with Crippen molar-refractivity contribution in [3.8, 4) is 5.75 Å². The largest absolute Gasteiger partial charge is 0.497 e. The molecule has 1 amide bonds. The van der Waals surface area contributed by atoms with Crippen molar-refractivity contribution in [3.05, 3.63) is 65.7 Å². The van der Waals surface area contributed by atoms with Crippen LogP contribution in [0.25, 0.3) is 0 Å². The maximum atomic E-state index is 13.9. The molecule has 2 aromatic rings.